The Hall–Kier alpha value is -1.81. The first-order chi connectivity index (χ1) is 12.8. The van der Waals surface area contributed by atoms with E-state index in [1.807, 2.05) is 0 Å². The lowest BCUT2D eigenvalue weighted by Crippen LogP contribution is -2.44. The third kappa shape index (κ3) is 5.87. The quantitative estimate of drug-likeness (QED) is 0.460. The van der Waals surface area contributed by atoms with Gasteiger partial charge in [-0.05, 0) is 56.9 Å². The van der Waals surface area contributed by atoms with Gasteiger partial charge in [-0.15, -0.1) is 0 Å². The van der Waals surface area contributed by atoms with Gasteiger partial charge in [0.2, 0.25) is 0 Å². The van der Waals surface area contributed by atoms with Gasteiger partial charge in [-0.25, -0.2) is 0 Å². The van der Waals surface area contributed by atoms with Gasteiger partial charge in [0, 0.05) is 19.1 Å². The van der Waals surface area contributed by atoms with Crippen molar-refractivity contribution in [1.82, 2.24) is 10.6 Å². The van der Waals surface area contributed by atoms with Gasteiger partial charge in [0.15, 0.2) is 5.96 Å². The Kier molecular flexibility index (Phi) is 7.56. The zero-order valence-corrected chi connectivity index (χ0v) is 16.0. The summed E-state index contributed by atoms with van der Waals surface area (Å²) in [5, 5.41) is 7.07. The number of nitrogens with one attached hydrogen (secondary N) is 2. The molecule has 142 valence electrons. The molecule has 1 fully saturated rings. The highest BCUT2D eigenvalue weighted by Gasteiger charge is 2.22. The molecule has 4 heteroatoms. The molecule has 0 amide bonds. The molecule has 3 rings (SSSR count). The number of hydrogen-bond acceptors (Lipinski definition) is 2. The summed E-state index contributed by atoms with van der Waals surface area (Å²) in [6, 6.07) is 11.5. The van der Waals surface area contributed by atoms with Gasteiger partial charge < -0.3 is 15.4 Å². The number of hydrogen-bond donors (Lipinski definition) is 2. The van der Waals surface area contributed by atoms with Crippen LogP contribution in [0.5, 0.6) is 0 Å². The Balaban J connectivity index is 1.45. The summed E-state index contributed by atoms with van der Waals surface area (Å²) in [6.07, 6.45) is 9.26. The first-order valence-electron chi connectivity index (χ1n) is 10.2. The fourth-order valence-electron chi connectivity index (χ4n) is 3.91. The van der Waals surface area contributed by atoms with Crippen LogP contribution in [0.15, 0.2) is 47.0 Å². The van der Waals surface area contributed by atoms with Gasteiger partial charge in [0.1, 0.15) is 0 Å². The molecule has 1 heterocycles. The Morgan fingerprint density at radius 2 is 1.96 bits per heavy atom. The van der Waals surface area contributed by atoms with Crippen LogP contribution in [-0.2, 0) is 4.74 Å². The summed E-state index contributed by atoms with van der Waals surface area (Å²) >= 11 is 0. The molecule has 0 aromatic heterocycles. The minimum atomic E-state index is 0.537. The average molecular weight is 356 g/mol. The van der Waals surface area contributed by atoms with Gasteiger partial charge in [0.25, 0.3) is 0 Å². The predicted molar refractivity (Wildman–Crippen MR) is 109 cm³/mol. The van der Waals surface area contributed by atoms with Crippen molar-refractivity contribution < 1.29 is 4.74 Å². The molecule has 1 aliphatic heterocycles. The number of aliphatic imine (C=N–C) groups is 1. The maximum absolute atomic E-state index is 5.37. The van der Waals surface area contributed by atoms with Crippen LogP contribution in [-0.4, -0.2) is 38.3 Å². The summed E-state index contributed by atoms with van der Waals surface area (Å²) in [4.78, 5) is 4.79. The van der Waals surface area contributed by atoms with Crippen LogP contribution >= 0.6 is 0 Å². The predicted octanol–water partition coefficient (Wildman–Crippen LogP) is 4.00. The molecule has 0 bridgehead atoms. The number of nitrogens with zero attached hydrogens (tertiary/aromatic N) is 1. The van der Waals surface area contributed by atoms with E-state index in [0.717, 1.165) is 45.1 Å². The maximum Gasteiger partial charge on any atom is 0.191 e. The van der Waals surface area contributed by atoms with E-state index in [1.54, 1.807) is 0 Å². The highest BCUT2D eigenvalue weighted by Crippen LogP contribution is 2.32. The van der Waals surface area contributed by atoms with E-state index < -0.39 is 0 Å². The van der Waals surface area contributed by atoms with Crippen molar-refractivity contribution in [3.8, 4) is 0 Å². The van der Waals surface area contributed by atoms with Crippen molar-refractivity contribution in [2.45, 2.75) is 57.4 Å². The number of rotatable bonds is 6. The Labute approximate surface area is 158 Å². The van der Waals surface area contributed by atoms with Crippen LogP contribution in [0, 0.1) is 0 Å². The molecule has 0 radical (unpaired) electrons. The molecule has 0 unspecified atom stereocenters. The van der Waals surface area contributed by atoms with Gasteiger partial charge in [-0.1, -0.05) is 42.0 Å². The molecule has 4 nitrogen and oxygen atoms in total. The molecule has 1 aliphatic carbocycles. The highest BCUT2D eigenvalue weighted by atomic mass is 16.5. The Morgan fingerprint density at radius 3 is 2.65 bits per heavy atom. The first kappa shape index (κ1) is 19.0. The number of benzene rings is 1. The van der Waals surface area contributed by atoms with Crippen LogP contribution in [0.25, 0.3) is 0 Å². The van der Waals surface area contributed by atoms with Crippen molar-refractivity contribution in [3.05, 3.63) is 47.5 Å². The molecular formula is C22H33N3O. The summed E-state index contributed by atoms with van der Waals surface area (Å²) in [6.45, 7) is 5.51. The normalized spacial score (nSPS) is 24.0. The van der Waals surface area contributed by atoms with Crippen LogP contribution in [0.2, 0.25) is 0 Å². The smallest absolute Gasteiger partial charge is 0.191 e. The lowest BCUT2D eigenvalue weighted by Gasteiger charge is -2.30. The standard InChI is InChI=1S/C22H33N3O/c1-2-23-22(24-15-12-18-13-16-26-17-14-18)25-21-10-8-20(9-11-21)19-6-4-3-5-7-19/h3-7,13,20-21H,2,8-12,14-17H2,1H3,(H2,23,24,25). The second-order valence-electron chi connectivity index (χ2n) is 7.30. The fraction of sp³-hybridized carbons (Fsp3) is 0.591. The van der Waals surface area contributed by atoms with Gasteiger partial charge >= 0.3 is 0 Å². The largest absolute Gasteiger partial charge is 0.377 e. The number of ether oxygens (including phenoxy) is 1. The van der Waals surface area contributed by atoms with Crippen molar-refractivity contribution in [2.24, 2.45) is 4.99 Å². The Bertz CT molecular complexity index is 589. The zero-order chi connectivity index (χ0) is 18.0. The van der Waals surface area contributed by atoms with E-state index in [0.29, 0.717) is 12.0 Å². The maximum atomic E-state index is 5.37. The van der Waals surface area contributed by atoms with E-state index in [-0.39, 0.29) is 0 Å². The first-order valence-corrected chi connectivity index (χ1v) is 10.2. The van der Waals surface area contributed by atoms with Crippen LogP contribution in [0.4, 0.5) is 0 Å². The molecule has 0 spiro atoms. The molecule has 1 aromatic carbocycles. The second kappa shape index (κ2) is 10.4. The lowest BCUT2D eigenvalue weighted by molar-refractivity contribution is 0.153. The molecule has 0 atom stereocenters. The minimum Gasteiger partial charge on any atom is -0.377 e. The molecule has 1 aromatic rings. The van der Waals surface area contributed by atoms with E-state index in [4.69, 9.17) is 9.73 Å². The molecule has 2 N–H and O–H groups in total. The SMILES string of the molecule is CCNC(=NCCC1=CCOCC1)NC1CCC(c2ccccc2)CC1. The summed E-state index contributed by atoms with van der Waals surface area (Å²) in [7, 11) is 0. The number of guanidine groups is 1. The minimum absolute atomic E-state index is 0.537. The van der Waals surface area contributed by atoms with Gasteiger partial charge in [-0.3, -0.25) is 4.99 Å². The zero-order valence-electron chi connectivity index (χ0n) is 16.0. The van der Waals surface area contributed by atoms with Crippen LogP contribution in [0.1, 0.15) is 56.9 Å². The third-order valence-electron chi connectivity index (χ3n) is 5.44. The lowest BCUT2D eigenvalue weighted by atomic mass is 9.82. The average Bonchev–Trinajstić information content (AvgIpc) is 2.70. The summed E-state index contributed by atoms with van der Waals surface area (Å²) < 4.78 is 5.37. The third-order valence-corrected chi connectivity index (χ3v) is 5.44. The van der Waals surface area contributed by atoms with E-state index in [1.165, 1.54) is 36.8 Å². The molecule has 26 heavy (non-hydrogen) atoms. The van der Waals surface area contributed by atoms with E-state index in [2.05, 4.69) is 54.0 Å². The van der Waals surface area contributed by atoms with E-state index >= 15 is 0 Å². The van der Waals surface area contributed by atoms with Crippen LogP contribution in [0.3, 0.4) is 0 Å². The van der Waals surface area contributed by atoms with Crippen molar-refractivity contribution in [3.63, 3.8) is 0 Å². The fourth-order valence-corrected chi connectivity index (χ4v) is 3.91. The second-order valence-corrected chi connectivity index (χ2v) is 7.30. The van der Waals surface area contributed by atoms with Gasteiger partial charge in [-0.2, -0.15) is 0 Å². The summed E-state index contributed by atoms with van der Waals surface area (Å²) in [5.74, 6) is 1.69. The molecule has 2 aliphatic rings. The van der Waals surface area contributed by atoms with Crippen LogP contribution < -0.4 is 10.6 Å². The van der Waals surface area contributed by atoms with Gasteiger partial charge in [0.05, 0.1) is 13.2 Å². The van der Waals surface area contributed by atoms with E-state index in [9.17, 15) is 0 Å². The summed E-state index contributed by atoms with van der Waals surface area (Å²) in [5.41, 5.74) is 2.98. The molecule has 1 saturated carbocycles. The molecule has 0 saturated heterocycles. The Morgan fingerprint density at radius 1 is 1.15 bits per heavy atom. The monoisotopic (exact) mass is 355 g/mol. The topological polar surface area (TPSA) is 45.7 Å². The van der Waals surface area contributed by atoms with Crippen molar-refractivity contribution >= 4 is 5.96 Å². The highest BCUT2D eigenvalue weighted by molar-refractivity contribution is 5.80. The van der Waals surface area contributed by atoms with Crippen molar-refractivity contribution in [2.75, 3.05) is 26.3 Å². The molecular weight excluding hydrogens is 322 g/mol. The van der Waals surface area contributed by atoms with Crippen molar-refractivity contribution in [1.29, 1.82) is 0 Å².